The molecule has 0 radical (unpaired) electrons. The maximum absolute atomic E-state index is 11.5. The van der Waals surface area contributed by atoms with E-state index >= 15 is 0 Å². The molecule has 0 aromatic heterocycles. The molecule has 0 amide bonds. The van der Waals surface area contributed by atoms with Crippen LogP contribution < -0.4 is 0 Å². The molecule has 78 valence electrons. The van der Waals surface area contributed by atoms with E-state index in [0.29, 0.717) is 6.29 Å². The summed E-state index contributed by atoms with van der Waals surface area (Å²) in [5, 5.41) is 8.83. The Morgan fingerprint density at radius 3 is 2.57 bits per heavy atom. The van der Waals surface area contributed by atoms with Crippen LogP contribution in [-0.2, 0) is 14.3 Å². The summed E-state index contributed by atoms with van der Waals surface area (Å²) >= 11 is 0. The Balaban J connectivity index is 4.44. The van der Waals surface area contributed by atoms with Crippen molar-refractivity contribution in [3.63, 3.8) is 0 Å². The minimum atomic E-state index is -1.20. The number of hydrogen-bond acceptors (Lipinski definition) is 4. The summed E-state index contributed by atoms with van der Waals surface area (Å²) < 4.78 is 4.93. The zero-order chi connectivity index (χ0) is 11.2. The lowest BCUT2D eigenvalue weighted by Gasteiger charge is -2.20. The van der Waals surface area contributed by atoms with Crippen molar-refractivity contribution in [2.75, 3.05) is 0 Å². The molecule has 0 saturated carbocycles. The van der Waals surface area contributed by atoms with Gasteiger partial charge in [0.1, 0.15) is 6.29 Å². The summed E-state index contributed by atoms with van der Waals surface area (Å²) in [6.45, 7) is 4.92. The Labute approximate surface area is 83.9 Å². The van der Waals surface area contributed by atoms with Gasteiger partial charge in [0.15, 0.2) is 5.41 Å². The fraction of sp³-hybridized carbons (Fsp3) is 0.700. The third-order valence-electron chi connectivity index (χ3n) is 1.80. The molecular formula is C10H15NO3. The molecule has 4 nitrogen and oxygen atoms in total. The number of aldehydes is 1. The molecule has 0 aromatic rings. The van der Waals surface area contributed by atoms with E-state index in [2.05, 4.69) is 0 Å². The lowest BCUT2D eigenvalue weighted by atomic mass is 9.87. The van der Waals surface area contributed by atoms with Gasteiger partial charge in [0.25, 0.3) is 0 Å². The second-order valence-corrected chi connectivity index (χ2v) is 3.60. The third-order valence-corrected chi connectivity index (χ3v) is 1.80. The Morgan fingerprint density at radius 2 is 2.21 bits per heavy atom. The Morgan fingerprint density at radius 1 is 1.64 bits per heavy atom. The number of nitrogens with zero attached hydrogens (tertiary/aromatic N) is 1. The van der Waals surface area contributed by atoms with E-state index in [0.717, 1.165) is 0 Å². The van der Waals surface area contributed by atoms with Crippen LogP contribution in [-0.4, -0.2) is 18.4 Å². The van der Waals surface area contributed by atoms with Crippen molar-refractivity contribution in [1.82, 2.24) is 0 Å². The molecule has 1 atom stereocenters. The van der Waals surface area contributed by atoms with Gasteiger partial charge in [0.05, 0.1) is 12.2 Å². The van der Waals surface area contributed by atoms with E-state index in [-0.39, 0.29) is 18.9 Å². The second-order valence-electron chi connectivity index (χ2n) is 3.60. The van der Waals surface area contributed by atoms with Crippen molar-refractivity contribution in [1.29, 1.82) is 5.26 Å². The number of esters is 1. The predicted octanol–water partition coefficient (Wildman–Crippen LogP) is 1.45. The normalized spacial score (nSPS) is 14.2. The van der Waals surface area contributed by atoms with Gasteiger partial charge in [0, 0.05) is 6.42 Å². The van der Waals surface area contributed by atoms with Gasteiger partial charge in [-0.15, -0.1) is 0 Å². The van der Waals surface area contributed by atoms with E-state index in [4.69, 9.17) is 10.00 Å². The first-order valence-corrected chi connectivity index (χ1v) is 4.52. The quantitative estimate of drug-likeness (QED) is 0.494. The van der Waals surface area contributed by atoms with Gasteiger partial charge in [-0.25, -0.2) is 0 Å². The summed E-state index contributed by atoms with van der Waals surface area (Å²) in [7, 11) is 0. The molecule has 14 heavy (non-hydrogen) atoms. The third kappa shape index (κ3) is 3.56. The van der Waals surface area contributed by atoms with Crippen LogP contribution in [0.15, 0.2) is 0 Å². The van der Waals surface area contributed by atoms with Gasteiger partial charge < -0.3 is 9.53 Å². The van der Waals surface area contributed by atoms with E-state index in [1.807, 2.05) is 6.07 Å². The van der Waals surface area contributed by atoms with Gasteiger partial charge in [-0.1, -0.05) is 0 Å². The van der Waals surface area contributed by atoms with Crippen molar-refractivity contribution < 1.29 is 14.3 Å². The first-order valence-electron chi connectivity index (χ1n) is 4.52. The van der Waals surface area contributed by atoms with Crippen LogP contribution in [0.25, 0.3) is 0 Å². The lowest BCUT2D eigenvalue weighted by Crippen LogP contribution is -2.30. The molecule has 0 spiro atoms. The molecule has 0 aliphatic carbocycles. The number of rotatable bonds is 5. The lowest BCUT2D eigenvalue weighted by molar-refractivity contribution is -0.155. The van der Waals surface area contributed by atoms with Crippen molar-refractivity contribution in [3.8, 4) is 6.07 Å². The zero-order valence-electron chi connectivity index (χ0n) is 8.74. The Bertz CT molecular complexity index is 255. The topological polar surface area (TPSA) is 67.2 Å². The van der Waals surface area contributed by atoms with Gasteiger partial charge in [-0.3, -0.25) is 4.79 Å². The highest BCUT2D eigenvalue weighted by Crippen LogP contribution is 2.24. The molecule has 0 bridgehead atoms. The van der Waals surface area contributed by atoms with Crippen LogP contribution in [0.4, 0.5) is 0 Å². The largest absolute Gasteiger partial charge is 0.462 e. The van der Waals surface area contributed by atoms with Crippen LogP contribution in [0.3, 0.4) is 0 Å². The molecule has 0 unspecified atom stereocenters. The summed E-state index contributed by atoms with van der Waals surface area (Å²) in [6, 6.07) is 1.88. The molecule has 0 aliphatic rings. The summed E-state index contributed by atoms with van der Waals surface area (Å²) in [4.78, 5) is 21.6. The maximum atomic E-state index is 11.5. The van der Waals surface area contributed by atoms with Crippen molar-refractivity contribution >= 4 is 12.3 Å². The van der Waals surface area contributed by atoms with Crippen LogP contribution in [0.1, 0.15) is 33.6 Å². The average molecular weight is 197 g/mol. The average Bonchev–Trinajstić information content (AvgIpc) is 2.13. The smallest absolute Gasteiger partial charge is 0.326 e. The van der Waals surface area contributed by atoms with Gasteiger partial charge in [-0.2, -0.15) is 5.26 Å². The molecule has 0 rings (SSSR count). The molecule has 4 heteroatoms. The number of hydrogen-bond donors (Lipinski definition) is 0. The first-order chi connectivity index (χ1) is 6.46. The van der Waals surface area contributed by atoms with Crippen molar-refractivity contribution in [2.24, 2.45) is 5.41 Å². The highest BCUT2D eigenvalue weighted by molar-refractivity contribution is 5.80. The van der Waals surface area contributed by atoms with Crippen LogP contribution in [0, 0.1) is 16.7 Å². The Kier molecular flexibility index (Phi) is 4.85. The van der Waals surface area contributed by atoms with Gasteiger partial charge in [0.2, 0.25) is 0 Å². The number of carbonyl (C=O) groups is 2. The van der Waals surface area contributed by atoms with E-state index < -0.39 is 11.4 Å². The molecule has 0 heterocycles. The minimum Gasteiger partial charge on any atom is -0.462 e. The van der Waals surface area contributed by atoms with Crippen molar-refractivity contribution in [2.45, 2.75) is 39.7 Å². The van der Waals surface area contributed by atoms with Crippen LogP contribution in [0.5, 0.6) is 0 Å². The molecular weight excluding hydrogens is 182 g/mol. The number of nitriles is 1. The standard InChI is InChI=1S/C10H15NO3/c1-8(2)14-9(13)10(3,7-11)5-4-6-12/h6,8H,4-5H2,1-3H3/t10-/m1/s1. The van der Waals surface area contributed by atoms with Crippen LogP contribution >= 0.6 is 0 Å². The fourth-order valence-corrected chi connectivity index (χ4v) is 0.895. The molecule has 0 saturated heterocycles. The Hall–Kier alpha value is -1.37. The monoisotopic (exact) mass is 197 g/mol. The summed E-state index contributed by atoms with van der Waals surface area (Å²) in [5.41, 5.74) is -1.20. The SMILES string of the molecule is CC(C)OC(=O)[C@@](C)(C#N)CCC=O. The fourth-order valence-electron chi connectivity index (χ4n) is 0.895. The zero-order valence-corrected chi connectivity index (χ0v) is 8.74. The molecule has 0 fully saturated rings. The van der Waals surface area contributed by atoms with E-state index in [9.17, 15) is 9.59 Å². The van der Waals surface area contributed by atoms with Gasteiger partial charge >= 0.3 is 5.97 Å². The van der Waals surface area contributed by atoms with Crippen LogP contribution in [0.2, 0.25) is 0 Å². The molecule has 0 aliphatic heterocycles. The number of ether oxygens (including phenoxy) is 1. The second kappa shape index (κ2) is 5.38. The van der Waals surface area contributed by atoms with Crippen molar-refractivity contribution in [3.05, 3.63) is 0 Å². The molecule has 0 aromatic carbocycles. The predicted molar refractivity (Wildman–Crippen MR) is 50.2 cm³/mol. The maximum Gasteiger partial charge on any atom is 0.326 e. The first kappa shape index (κ1) is 12.6. The number of carbonyl (C=O) groups excluding carboxylic acids is 2. The van der Waals surface area contributed by atoms with E-state index in [1.54, 1.807) is 13.8 Å². The summed E-state index contributed by atoms with van der Waals surface area (Å²) in [5.74, 6) is -0.558. The van der Waals surface area contributed by atoms with Gasteiger partial charge in [-0.05, 0) is 27.2 Å². The highest BCUT2D eigenvalue weighted by Gasteiger charge is 2.35. The minimum absolute atomic E-state index is 0.192. The summed E-state index contributed by atoms with van der Waals surface area (Å²) in [6.07, 6.45) is 0.847. The van der Waals surface area contributed by atoms with E-state index in [1.165, 1.54) is 6.92 Å². The molecule has 0 N–H and O–H groups in total. The highest BCUT2D eigenvalue weighted by atomic mass is 16.5.